The summed E-state index contributed by atoms with van der Waals surface area (Å²) in [4.78, 5) is 0. The fourth-order valence-electron chi connectivity index (χ4n) is 3.42. The van der Waals surface area contributed by atoms with Crippen molar-refractivity contribution in [2.24, 2.45) is 11.8 Å². The summed E-state index contributed by atoms with van der Waals surface area (Å²) in [6.07, 6.45) is 8.74. The molecule has 4 heteroatoms. The Labute approximate surface area is 121 Å². The van der Waals surface area contributed by atoms with Crippen molar-refractivity contribution in [2.75, 3.05) is 7.11 Å². The number of aliphatic hydroxyl groups excluding tert-OH is 2. The van der Waals surface area contributed by atoms with E-state index in [0.717, 1.165) is 32.1 Å². The molecule has 2 aliphatic rings. The topological polar surface area (TPSA) is 58.9 Å². The first-order valence-electron chi connectivity index (χ1n) is 7.88. The van der Waals surface area contributed by atoms with Crippen molar-refractivity contribution >= 4 is 0 Å². The maximum Gasteiger partial charge on any atom is 0.157 e. The number of ether oxygens (including phenoxy) is 2. The highest BCUT2D eigenvalue weighted by molar-refractivity contribution is 5.06. The zero-order valence-corrected chi connectivity index (χ0v) is 12.6. The van der Waals surface area contributed by atoms with E-state index < -0.39 is 6.10 Å². The van der Waals surface area contributed by atoms with E-state index in [1.54, 1.807) is 7.11 Å². The number of hydrogen-bond donors (Lipinski definition) is 2. The summed E-state index contributed by atoms with van der Waals surface area (Å²) in [5.41, 5.74) is 0. The van der Waals surface area contributed by atoms with E-state index in [2.05, 4.69) is 6.92 Å². The Balaban J connectivity index is 1.84. The summed E-state index contributed by atoms with van der Waals surface area (Å²) < 4.78 is 11.0. The molecule has 0 unspecified atom stereocenters. The average molecular weight is 284 g/mol. The van der Waals surface area contributed by atoms with E-state index in [0.29, 0.717) is 12.3 Å². The van der Waals surface area contributed by atoms with E-state index in [4.69, 9.17) is 9.47 Å². The number of fused-ring (bicyclic) bond motifs is 1. The Bertz CT molecular complexity index is 318. The van der Waals surface area contributed by atoms with Crippen molar-refractivity contribution in [3.05, 3.63) is 12.2 Å². The van der Waals surface area contributed by atoms with Gasteiger partial charge in [-0.3, -0.25) is 0 Å². The van der Waals surface area contributed by atoms with Crippen molar-refractivity contribution in [2.45, 2.75) is 70.1 Å². The first-order valence-corrected chi connectivity index (χ1v) is 7.88. The van der Waals surface area contributed by atoms with Crippen LogP contribution in [0.1, 0.15) is 45.4 Å². The zero-order valence-electron chi connectivity index (χ0n) is 12.6. The van der Waals surface area contributed by atoms with Crippen LogP contribution in [0.15, 0.2) is 12.2 Å². The molecule has 0 aromatic heterocycles. The van der Waals surface area contributed by atoms with Gasteiger partial charge in [0.1, 0.15) is 0 Å². The Kier molecular flexibility index (Phi) is 6.02. The molecule has 6 atom stereocenters. The van der Waals surface area contributed by atoms with Crippen LogP contribution in [0.2, 0.25) is 0 Å². The molecule has 1 saturated heterocycles. The highest BCUT2D eigenvalue weighted by atomic mass is 16.7. The van der Waals surface area contributed by atoms with Gasteiger partial charge in [0.2, 0.25) is 0 Å². The maximum absolute atomic E-state index is 10.1. The van der Waals surface area contributed by atoms with Crippen molar-refractivity contribution in [3.8, 4) is 0 Å². The third kappa shape index (κ3) is 3.82. The molecule has 0 bridgehead atoms. The van der Waals surface area contributed by atoms with Gasteiger partial charge in [0, 0.05) is 25.9 Å². The van der Waals surface area contributed by atoms with E-state index in [1.165, 1.54) is 0 Å². The highest BCUT2D eigenvalue weighted by Gasteiger charge is 2.48. The summed E-state index contributed by atoms with van der Waals surface area (Å²) >= 11 is 0. The normalized spacial score (nSPS) is 38.5. The van der Waals surface area contributed by atoms with Crippen LogP contribution in [0.3, 0.4) is 0 Å². The second-order valence-corrected chi connectivity index (χ2v) is 6.07. The molecule has 2 rings (SSSR count). The molecule has 2 N–H and O–H groups in total. The van der Waals surface area contributed by atoms with Crippen LogP contribution in [-0.4, -0.2) is 41.9 Å². The Morgan fingerprint density at radius 1 is 1.35 bits per heavy atom. The van der Waals surface area contributed by atoms with E-state index in [1.807, 2.05) is 12.2 Å². The van der Waals surface area contributed by atoms with Gasteiger partial charge in [0.05, 0.1) is 18.3 Å². The Morgan fingerprint density at radius 3 is 2.85 bits per heavy atom. The molecule has 0 aromatic rings. The summed E-state index contributed by atoms with van der Waals surface area (Å²) in [6.45, 7) is 2.16. The van der Waals surface area contributed by atoms with Crippen LogP contribution in [0.25, 0.3) is 0 Å². The molecule has 0 aromatic carbocycles. The average Bonchev–Trinajstić information content (AvgIpc) is 2.93. The lowest BCUT2D eigenvalue weighted by molar-refractivity contribution is -0.118. The third-order valence-electron chi connectivity index (χ3n) is 4.60. The van der Waals surface area contributed by atoms with Gasteiger partial charge in [0.25, 0.3) is 0 Å². The second kappa shape index (κ2) is 7.55. The van der Waals surface area contributed by atoms with Crippen molar-refractivity contribution in [3.63, 3.8) is 0 Å². The van der Waals surface area contributed by atoms with Gasteiger partial charge in [0.15, 0.2) is 6.29 Å². The molecular formula is C16H28O4. The monoisotopic (exact) mass is 284 g/mol. The van der Waals surface area contributed by atoms with Crippen LogP contribution in [-0.2, 0) is 9.47 Å². The maximum atomic E-state index is 10.1. The van der Waals surface area contributed by atoms with Crippen LogP contribution in [0.4, 0.5) is 0 Å². The molecule has 1 saturated carbocycles. The summed E-state index contributed by atoms with van der Waals surface area (Å²) in [7, 11) is 1.66. The number of methoxy groups -OCH3 is 1. The molecular weight excluding hydrogens is 256 g/mol. The van der Waals surface area contributed by atoms with E-state index >= 15 is 0 Å². The standard InChI is InChI=1S/C16H28O4/c1-3-4-5-6-11(17)7-8-12-13-9-16(19-2)20-15(13)10-14(12)18/h7-8,11-18H,3-6,9-10H2,1-2H3/b8-7+/t11-,12-,13-,14-,15+,16-/m0/s1. The molecule has 0 radical (unpaired) electrons. The van der Waals surface area contributed by atoms with Crippen LogP contribution >= 0.6 is 0 Å². The minimum absolute atomic E-state index is 0.0842. The minimum Gasteiger partial charge on any atom is -0.392 e. The molecule has 0 amide bonds. The number of rotatable bonds is 7. The smallest absolute Gasteiger partial charge is 0.157 e. The van der Waals surface area contributed by atoms with E-state index in [-0.39, 0.29) is 24.4 Å². The molecule has 20 heavy (non-hydrogen) atoms. The molecule has 0 spiro atoms. The first kappa shape index (κ1) is 16.0. The van der Waals surface area contributed by atoms with Gasteiger partial charge in [-0.25, -0.2) is 0 Å². The summed E-state index contributed by atoms with van der Waals surface area (Å²) in [5.74, 6) is 0.398. The SMILES string of the molecule is CCCCC[C@H](O)/C=C/[C@H]1[C@@H]2C[C@@H](OC)O[C@@H]2C[C@@H]1O. The van der Waals surface area contributed by atoms with Crippen LogP contribution in [0.5, 0.6) is 0 Å². The number of aliphatic hydroxyl groups is 2. The number of unbranched alkanes of at least 4 members (excludes halogenated alkanes) is 2. The predicted molar refractivity (Wildman–Crippen MR) is 77.2 cm³/mol. The fraction of sp³-hybridized carbons (Fsp3) is 0.875. The van der Waals surface area contributed by atoms with Crippen molar-refractivity contribution in [1.29, 1.82) is 0 Å². The molecule has 116 valence electrons. The molecule has 1 heterocycles. The summed E-state index contributed by atoms with van der Waals surface area (Å²) in [6, 6.07) is 0. The second-order valence-electron chi connectivity index (χ2n) is 6.07. The van der Waals surface area contributed by atoms with Gasteiger partial charge in [-0.2, -0.15) is 0 Å². The summed E-state index contributed by atoms with van der Waals surface area (Å²) in [5, 5.41) is 20.1. The van der Waals surface area contributed by atoms with Crippen LogP contribution in [0, 0.1) is 11.8 Å². The number of hydrogen-bond acceptors (Lipinski definition) is 4. The van der Waals surface area contributed by atoms with Gasteiger partial charge >= 0.3 is 0 Å². The first-order chi connectivity index (χ1) is 9.65. The van der Waals surface area contributed by atoms with Gasteiger partial charge < -0.3 is 19.7 Å². The highest BCUT2D eigenvalue weighted by Crippen LogP contribution is 2.44. The molecule has 1 aliphatic carbocycles. The van der Waals surface area contributed by atoms with Gasteiger partial charge in [-0.05, 0) is 12.3 Å². The largest absolute Gasteiger partial charge is 0.392 e. The van der Waals surface area contributed by atoms with E-state index in [9.17, 15) is 10.2 Å². The lowest BCUT2D eigenvalue weighted by Crippen LogP contribution is -2.19. The molecule has 2 fully saturated rings. The van der Waals surface area contributed by atoms with Crippen molar-refractivity contribution < 1.29 is 19.7 Å². The van der Waals surface area contributed by atoms with Gasteiger partial charge in [-0.1, -0.05) is 38.3 Å². The third-order valence-corrected chi connectivity index (χ3v) is 4.60. The Morgan fingerprint density at radius 2 is 2.15 bits per heavy atom. The zero-order chi connectivity index (χ0) is 14.5. The minimum atomic E-state index is -0.395. The Hall–Kier alpha value is -0.420. The van der Waals surface area contributed by atoms with Crippen molar-refractivity contribution in [1.82, 2.24) is 0 Å². The van der Waals surface area contributed by atoms with Crippen LogP contribution < -0.4 is 0 Å². The lowest BCUT2D eigenvalue weighted by Gasteiger charge is -2.17. The predicted octanol–water partition coefficient (Wildman–Crippen LogP) is 2.24. The fourth-order valence-corrected chi connectivity index (χ4v) is 3.42. The quantitative estimate of drug-likeness (QED) is 0.556. The van der Waals surface area contributed by atoms with Gasteiger partial charge in [-0.15, -0.1) is 0 Å². The lowest BCUT2D eigenvalue weighted by atomic mass is 9.91. The molecule has 1 aliphatic heterocycles. The molecule has 4 nitrogen and oxygen atoms in total.